The molecular weight excluding hydrogens is 254 g/mol. The highest BCUT2D eigenvalue weighted by atomic mass is 35.5. The third-order valence-electron chi connectivity index (χ3n) is 3.00. The van der Waals surface area contributed by atoms with E-state index in [4.69, 9.17) is 16.3 Å². The Morgan fingerprint density at radius 3 is 3.00 bits per heavy atom. The predicted molar refractivity (Wildman–Crippen MR) is 69.4 cm³/mol. The fraction of sp³-hybridized carbons (Fsp3) is 0.583. The van der Waals surface area contributed by atoms with Crippen LogP contribution in [-0.4, -0.2) is 42.1 Å². The van der Waals surface area contributed by atoms with Gasteiger partial charge >= 0.3 is 0 Å². The van der Waals surface area contributed by atoms with Crippen molar-refractivity contribution in [3.8, 4) is 0 Å². The smallest absolute Gasteiger partial charge is 0.156 e. The van der Waals surface area contributed by atoms with Crippen LogP contribution >= 0.6 is 11.6 Å². The Bertz CT molecular complexity index is 453. The molecule has 1 atom stereocenters. The van der Waals surface area contributed by atoms with Crippen molar-refractivity contribution in [2.24, 2.45) is 0 Å². The maximum Gasteiger partial charge on any atom is 0.156 e. The van der Waals surface area contributed by atoms with E-state index in [0.29, 0.717) is 36.6 Å². The second-order valence-electron chi connectivity index (χ2n) is 4.26. The largest absolute Gasteiger partial charge is 0.375 e. The zero-order valence-corrected chi connectivity index (χ0v) is 11.3. The summed E-state index contributed by atoms with van der Waals surface area (Å²) in [6, 6.07) is 0. The van der Waals surface area contributed by atoms with Crippen molar-refractivity contribution in [1.82, 2.24) is 9.97 Å². The molecule has 1 aromatic heterocycles. The van der Waals surface area contributed by atoms with E-state index in [-0.39, 0.29) is 11.3 Å². The Hall–Kier alpha value is -1.20. The molecule has 0 aliphatic carbocycles. The fourth-order valence-electron chi connectivity index (χ4n) is 2.03. The number of anilines is 1. The van der Waals surface area contributed by atoms with Gasteiger partial charge < -0.3 is 9.64 Å². The molecule has 2 rings (SSSR count). The third kappa shape index (κ3) is 2.62. The summed E-state index contributed by atoms with van der Waals surface area (Å²) < 4.78 is 5.61. The Balaban J connectivity index is 2.34. The first-order valence-electron chi connectivity index (χ1n) is 6.01. The van der Waals surface area contributed by atoms with Gasteiger partial charge in [0.2, 0.25) is 0 Å². The number of carbonyl (C=O) groups is 1. The monoisotopic (exact) mass is 269 g/mol. The summed E-state index contributed by atoms with van der Waals surface area (Å²) in [4.78, 5) is 21.5. The van der Waals surface area contributed by atoms with Crippen LogP contribution in [-0.2, 0) is 4.74 Å². The molecule has 0 N–H and O–H groups in total. The Morgan fingerprint density at radius 1 is 1.56 bits per heavy atom. The van der Waals surface area contributed by atoms with Gasteiger partial charge in [0.25, 0.3) is 0 Å². The van der Waals surface area contributed by atoms with Crippen LogP contribution in [0, 0.1) is 6.92 Å². The molecule has 1 saturated heterocycles. The average molecular weight is 270 g/mol. The van der Waals surface area contributed by atoms with Gasteiger partial charge in [-0.25, -0.2) is 9.97 Å². The summed E-state index contributed by atoms with van der Waals surface area (Å²) in [5.41, 5.74) is 0.360. The van der Waals surface area contributed by atoms with E-state index in [9.17, 15) is 4.79 Å². The van der Waals surface area contributed by atoms with E-state index < -0.39 is 0 Å². The lowest BCUT2D eigenvalue weighted by atomic mass is 10.2. The number of morpholine rings is 1. The van der Waals surface area contributed by atoms with Gasteiger partial charge in [0.1, 0.15) is 16.8 Å². The first-order chi connectivity index (χ1) is 8.65. The van der Waals surface area contributed by atoms with Crippen LogP contribution in [0.2, 0.25) is 5.15 Å². The molecule has 0 amide bonds. The number of hydrogen-bond acceptors (Lipinski definition) is 5. The van der Waals surface area contributed by atoms with E-state index >= 15 is 0 Å². The predicted octanol–water partition coefficient (Wildman–Crippen LogP) is 1.87. The molecule has 2 heterocycles. The molecule has 0 spiro atoms. The molecule has 5 nitrogen and oxygen atoms in total. The van der Waals surface area contributed by atoms with Crippen molar-refractivity contribution in [3.05, 3.63) is 16.5 Å². The second-order valence-corrected chi connectivity index (χ2v) is 4.62. The molecule has 1 fully saturated rings. The van der Waals surface area contributed by atoms with E-state index in [1.807, 2.05) is 4.90 Å². The summed E-state index contributed by atoms with van der Waals surface area (Å²) >= 11 is 5.98. The number of aryl methyl sites for hydroxylation is 1. The summed E-state index contributed by atoms with van der Waals surface area (Å²) in [6.07, 6.45) is 1.82. The van der Waals surface area contributed by atoms with Crippen molar-refractivity contribution in [3.63, 3.8) is 0 Å². The van der Waals surface area contributed by atoms with Crippen molar-refractivity contribution >= 4 is 23.7 Å². The third-order valence-corrected chi connectivity index (χ3v) is 3.29. The summed E-state index contributed by atoms with van der Waals surface area (Å²) in [5, 5.41) is 0.215. The van der Waals surface area contributed by atoms with Crippen LogP contribution < -0.4 is 4.90 Å². The molecule has 0 bridgehead atoms. The number of hydrogen-bond donors (Lipinski definition) is 0. The molecule has 0 aromatic carbocycles. The zero-order valence-electron chi connectivity index (χ0n) is 10.5. The topological polar surface area (TPSA) is 55.3 Å². The quantitative estimate of drug-likeness (QED) is 0.619. The zero-order chi connectivity index (χ0) is 13.1. The van der Waals surface area contributed by atoms with Crippen LogP contribution in [0.3, 0.4) is 0 Å². The van der Waals surface area contributed by atoms with Crippen molar-refractivity contribution < 1.29 is 9.53 Å². The van der Waals surface area contributed by atoms with E-state index in [0.717, 1.165) is 13.0 Å². The summed E-state index contributed by atoms with van der Waals surface area (Å²) in [6.45, 7) is 5.92. The van der Waals surface area contributed by atoms with Crippen LogP contribution in [0.15, 0.2) is 0 Å². The normalized spacial score (nSPS) is 19.9. The van der Waals surface area contributed by atoms with Gasteiger partial charge in [-0.15, -0.1) is 0 Å². The molecular formula is C12H16ClN3O2. The minimum atomic E-state index is 0.173. The Kier molecular flexibility index (Phi) is 4.14. The lowest BCUT2D eigenvalue weighted by Gasteiger charge is -2.34. The van der Waals surface area contributed by atoms with Crippen molar-refractivity contribution in [1.29, 1.82) is 0 Å². The summed E-state index contributed by atoms with van der Waals surface area (Å²) in [7, 11) is 0. The first kappa shape index (κ1) is 13.2. The highest BCUT2D eigenvalue weighted by molar-refractivity contribution is 6.32. The first-order valence-corrected chi connectivity index (χ1v) is 6.39. The van der Waals surface area contributed by atoms with Gasteiger partial charge in [0.05, 0.1) is 18.3 Å². The fourth-order valence-corrected chi connectivity index (χ4v) is 2.29. The average Bonchev–Trinajstić information content (AvgIpc) is 2.38. The molecule has 0 saturated carbocycles. The SMILES string of the molecule is CCC1CN(c2nc(C)nc(Cl)c2C=O)CCO1. The molecule has 18 heavy (non-hydrogen) atoms. The number of aromatic nitrogens is 2. The molecule has 1 aliphatic heterocycles. The van der Waals surface area contributed by atoms with Crippen LogP contribution in [0.5, 0.6) is 0 Å². The van der Waals surface area contributed by atoms with E-state index in [1.54, 1.807) is 6.92 Å². The molecule has 98 valence electrons. The van der Waals surface area contributed by atoms with Gasteiger partial charge in [-0.1, -0.05) is 18.5 Å². The van der Waals surface area contributed by atoms with E-state index in [2.05, 4.69) is 16.9 Å². The van der Waals surface area contributed by atoms with Crippen molar-refractivity contribution in [2.45, 2.75) is 26.4 Å². The number of nitrogens with zero attached hydrogens (tertiary/aromatic N) is 3. The van der Waals surface area contributed by atoms with Gasteiger partial charge in [0, 0.05) is 13.1 Å². The minimum Gasteiger partial charge on any atom is -0.375 e. The van der Waals surface area contributed by atoms with Crippen LogP contribution in [0.1, 0.15) is 29.5 Å². The number of ether oxygens (including phenoxy) is 1. The summed E-state index contributed by atoms with van der Waals surface area (Å²) in [5.74, 6) is 1.18. The van der Waals surface area contributed by atoms with Gasteiger partial charge in [0.15, 0.2) is 6.29 Å². The number of halogens is 1. The second kappa shape index (κ2) is 5.63. The molecule has 1 aromatic rings. The number of carbonyl (C=O) groups excluding carboxylic acids is 1. The standard InChI is InChI=1S/C12H16ClN3O2/c1-3-9-6-16(4-5-18-9)12-10(7-17)11(13)14-8(2)15-12/h7,9H,3-6H2,1-2H3. The number of aldehydes is 1. The lowest BCUT2D eigenvalue weighted by molar-refractivity contribution is 0.0381. The van der Waals surface area contributed by atoms with E-state index in [1.165, 1.54) is 0 Å². The number of rotatable bonds is 3. The highest BCUT2D eigenvalue weighted by Gasteiger charge is 2.23. The maximum atomic E-state index is 11.1. The molecule has 1 unspecified atom stereocenters. The minimum absolute atomic E-state index is 0.173. The Labute approximate surface area is 111 Å². The molecule has 1 aliphatic rings. The van der Waals surface area contributed by atoms with Gasteiger partial charge in [-0.3, -0.25) is 4.79 Å². The van der Waals surface area contributed by atoms with Crippen LogP contribution in [0.25, 0.3) is 0 Å². The molecule has 0 radical (unpaired) electrons. The Morgan fingerprint density at radius 2 is 2.33 bits per heavy atom. The highest BCUT2D eigenvalue weighted by Crippen LogP contribution is 2.24. The molecule has 6 heteroatoms. The van der Waals surface area contributed by atoms with Crippen molar-refractivity contribution in [2.75, 3.05) is 24.6 Å². The van der Waals surface area contributed by atoms with Gasteiger partial charge in [-0.2, -0.15) is 0 Å². The maximum absolute atomic E-state index is 11.1. The van der Waals surface area contributed by atoms with Crippen LogP contribution in [0.4, 0.5) is 5.82 Å². The lowest BCUT2D eigenvalue weighted by Crippen LogP contribution is -2.43. The van der Waals surface area contributed by atoms with Gasteiger partial charge in [-0.05, 0) is 13.3 Å².